The Balaban J connectivity index is 1.52. The quantitative estimate of drug-likeness (QED) is 0.808. The molecule has 1 fully saturated rings. The fourth-order valence-corrected chi connectivity index (χ4v) is 4.71. The van der Waals surface area contributed by atoms with E-state index in [-0.39, 0.29) is 22.3 Å². The number of aliphatic hydroxyl groups excluding tert-OH is 1. The van der Waals surface area contributed by atoms with Crippen molar-refractivity contribution in [2.75, 3.05) is 25.4 Å². The van der Waals surface area contributed by atoms with Crippen LogP contribution in [0.3, 0.4) is 0 Å². The monoisotopic (exact) mass is 375 g/mol. The van der Waals surface area contributed by atoms with Gasteiger partial charge >= 0.3 is 0 Å². The first kappa shape index (κ1) is 18.9. The van der Waals surface area contributed by atoms with Crippen LogP contribution in [0.25, 0.3) is 0 Å². The maximum Gasteiger partial charge on any atom is 0.179 e. The van der Waals surface area contributed by atoms with Gasteiger partial charge in [-0.05, 0) is 55.1 Å². The number of phenols is 1. The lowest BCUT2D eigenvalue weighted by atomic mass is 9.88. The Hall–Kier alpha value is -1.89. The Morgan fingerprint density at radius 2 is 1.73 bits per heavy atom. The number of likely N-dealkylation sites (tertiary alicyclic amines) is 1. The third-order valence-corrected chi connectivity index (χ3v) is 6.73. The number of sulfone groups is 1. The highest BCUT2D eigenvalue weighted by atomic mass is 32.2. The largest absolute Gasteiger partial charge is 0.508 e. The second kappa shape index (κ2) is 8.20. The van der Waals surface area contributed by atoms with Crippen LogP contribution in [0, 0.1) is 5.92 Å². The number of rotatable bonds is 6. The van der Waals surface area contributed by atoms with Crippen LogP contribution >= 0.6 is 0 Å². The second-order valence-electron chi connectivity index (χ2n) is 6.92. The van der Waals surface area contributed by atoms with Gasteiger partial charge in [-0.25, -0.2) is 8.42 Å². The molecule has 1 aliphatic rings. The summed E-state index contributed by atoms with van der Waals surface area (Å²) in [5.41, 5.74) is 1.22. The average Bonchev–Trinajstić information content (AvgIpc) is 2.63. The predicted octanol–water partition coefficient (Wildman–Crippen LogP) is 2.09. The van der Waals surface area contributed by atoms with Gasteiger partial charge in [0.2, 0.25) is 0 Å². The molecule has 26 heavy (non-hydrogen) atoms. The average molecular weight is 375 g/mol. The molecule has 5 nitrogen and oxygen atoms in total. The van der Waals surface area contributed by atoms with Gasteiger partial charge in [-0.3, -0.25) is 4.90 Å². The summed E-state index contributed by atoms with van der Waals surface area (Å²) in [6, 6.07) is 15.7. The van der Waals surface area contributed by atoms with Crippen LogP contribution < -0.4 is 0 Å². The van der Waals surface area contributed by atoms with Gasteiger partial charge in [0, 0.05) is 13.1 Å². The van der Waals surface area contributed by atoms with E-state index in [9.17, 15) is 18.6 Å². The van der Waals surface area contributed by atoms with Gasteiger partial charge in [-0.15, -0.1) is 0 Å². The molecule has 1 aliphatic heterocycles. The Morgan fingerprint density at radius 1 is 1.04 bits per heavy atom. The van der Waals surface area contributed by atoms with E-state index in [1.54, 1.807) is 0 Å². The molecule has 0 aliphatic carbocycles. The third-order valence-electron chi connectivity index (χ3n) is 5.02. The number of β-amino-alcohol motifs (C(OH)–C–C–N with tert-alkyl or cyclic N) is 1. The highest BCUT2D eigenvalue weighted by Gasteiger charge is 2.28. The summed E-state index contributed by atoms with van der Waals surface area (Å²) in [7, 11) is -3.39. The first-order chi connectivity index (χ1) is 12.4. The molecule has 2 aromatic rings. The SMILES string of the molecule is O=S(=O)(CCN1CC[C@H](Cc2ccccc2)[C@@H](O)C1)c1ccc(O)cc1. The van der Waals surface area contributed by atoms with Crippen molar-refractivity contribution >= 4 is 9.84 Å². The van der Waals surface area contributed by atoms with Crippen molar-refractivity contribution in [2.45, 2.75) is 23.8 Å². The van der Waals surface area contributed by atoms with E-state index in [1.165, 1.54) is 29.8 Å². The van der Waals surface area contributed by atoms with Crippen molar-refractivity contribution in [3.05, 3.63) is 60.2 Å². The number of nitrogens with zero attached hydrogens (tertiary/aromatic N) is 1. The number of piperidine rings is 1. The van der Waals surface area contributed by atoms with Crippen molar-refractivity contribution in [1.29, 1.82) is 0 Å². The Morgan fingerprint density at radius 3 is 2.38 bits per heavy atom. The van der Waals surface area contributed by atoms with Crippen molar-refractivity contribution in [2.24, 2.45) is 5.92 Å². The summed E-state index contributed by atoms with van der Waals surface area (Å²) in [5.74, 6) is 0.267. The van der Waals surface area contributed by atoms with E-state index in [4.69, 9.17) is 0 Å². The van der Waals surface area contributed by atoms with E-state index in [2.05, 4.69) is 12.1 Å². The summed E-state index contributed by atoms with van der Waals surface area (Å²) in [6.07, 6.45) is 1.26. The molecule has 140 valence electrons. The molecule has 3 rings (SSSR count). The minimum absolute atomic E-state index is 0.00778. The molecule has 2 aromatic carbocycles. The minimum Gasteiger partial charge on any atom is -0.508 e. The maximum absolute atomic E-state index is 12.4. The van der Waals surface area contributed by atoms with Crippen molar-refractivity contribution in [3.63, 3.8) is 0 Å². The molecule has 0 radical (unpaired) electrons. The zero-order chi connectivity index (χ0) is 18.6. The van der Waals surface area contributed by atoms with Crippen LogP contribution in [0.4, 0.5) is 0 Å². The van der Waals surface area contributed by atoms with Crippen LogP contribution in [0.2, 0.25) is 0 Å². The zero-order valence-corrected chi connectivity index (χ0v) is 15.5. The molecule has 0 spiro atoms. The molecule has 1 saturated heterocycles. The van der Waals surface area contributed by atoms with Crippen molar-refractivity contribution in [1.82, 2.24) is 4.90 Å². The molecule has 0 unspecified atom stereocenters. The van der Waals surface area contributed by atoms with Gasteiger partial charge in [0.1, 0.15) is 5.75 Å². The molecular formula is C20H25NO4S. The van der Waals surface area contributed by atoms with Gasteiger partial charge < -0.3 is 10.2 Å². The smallest absolute Gasteiger partial charge is 0.179 e. The number of hydrogen-bond donors (Lipinski definition) is 2. The molecule has 2 N–H and O–H groups in total. The summed E-state index contributed by atoms with van der Waals surface area (Å²) >= 11 is 0. The lowest BCUT2D eigenvalue weighted by molar-refractivity contribution is 0.0245. The second-order valence-corrected chi connectivity index (χ2v) is 9.03. The summed E-state index contributed by atoms with van der Waals surface area (Å²) in [4.78, 5) is 2.24. The maximum atomic E-state index is 12.4. The number of benzene rings is 2. The van der Waals surface area contributed by atoms with Crippen molar-refractivity contribution < 1.29 is 18.6 Å². The van der Waals surface area contributed by atoms with Gasteiger partial charge in [-0.2, -0.15) is 0 Å². The molecule has 1 heterocycles. The van der Waals surface area contributed by atoms with Crippen molar-refractivity contribution in [3.8, 4) is 5.75 Å². The van der Waals surface area contributed by atoms with E-state index < -0.39 is 15.9 Å². The van der Waals surface area contributed by atoms with Crippen LogP contribution in [0.5, 0.6) is 5.75 Å². The molecule has 0 amide bonds. The lowest BCUT2D eigenvalue weighted by Crippen LogP contribution is -2.46. The van der Waals surface area contributed by atoms with Gasteiger partial charge in [0.25, 0.3) is 0 Å². The molecule has 6 heteroatoms. The molecule has 0 bridgehead atoms. The van der Waals surface area contributed by atoms with Crippen LogP contribution in [-0.2, 0) is 16.3 Å². The molecule has 2 atom stereocenters. The number of phenolic OH excluding ortho intramolecular Hbond substituents is 1. The highest BCUT2D eigenvalue weighted by Crippen LogP contribution is 2.23. The molecule has 0 aromatic heterocycles. The Labute approximate surface area is 154 Å². The first-order valence-corrected chi connectivity index (χ1v) is 10.6. The summed E-state index contributed by atoms with van der Waals surface area (Å²) in [6.45, 7) is 1.70. The fourth-order valence-electron chi connectivity index (χ4n) is 3.42. The van der Waals surface area contributed by atoms with Gasteiger partial charge in [-0.1, -0.05) is 30.3 Å². The van der Waals surface area contributed by atoms with Gasteiger partial charge in [0.05, 0.1) is 16.8 Å². The van der Waals surface area contributed by atoms with Crippen LogP contribution in [0.15, 0.2) is 59.5 Å². The number of hydrogen-bond acceptors (Lipinski definition) is 5. The van der Waals surface area contributed by atoms with E-state index >= 15 is 0 Å². The van der Waals surface area contributed by atoms with E-state index in [0.717, 1.165) is 19.4 Å². The molecule has 0 saturated carbocycles. The highest BCUT2D eigenvalue weighted by molar-refractivity contribution is 7.91. The number of aromatic hydroxyl groups is 1. The first-order valence-electron chi connectivity index (χ1n) is 8.90. The summed E-state index contributed by atoms with van der Waals surface area (Å²) in [5, 5.41) is 19.7. The normalized spacial score (nSPS) is 21.6. The topological polar surface area (TPSA) is 77.8 Å². The standard InChI is InChI=1S/C20H25NO4S/c22-18-6-8-19(9-7-18)26(24,25)13-12-21-11-10-17(20(23)15-21)14-16-4-2-1-3-5-16/h1-9,17,20,22-23H,10-15H2/t17-,20+/m1/s1. The van der Waals surface area contributed by atoms with Crippen LogP contribution in [-0.4, -0.2) is 55.0 Å². The number of aliphatic hydroxyl groups is 1. The Bertz CT molecular complexity index is 805. The Kier molecular flexibility index (Phi) is 5.96. The fraction of sp³-hybridized carbons (Fsp3) is 0.400. The van der Waals surface area contributed by atoms with Gasteiger partial charge in [0.15, 0.2) is 9.84 Å². The molecular weight excluding hydrogens is 350 g/mol. The van der Waals surface area contributed by atoms with E-state index in [0.29, 0.717) is 13.1 Å². The van der Waals surface area contributed by atoms with E-state index in [1.807, 2.05) is 23.1 Å². The third kappa shape index (κ3) is 4.84. The predicted molar refractivity (Wildman–Crippen MR) is 101 cm³/mol. The lowest BCUT2D eigenvalue weighted by Gasteiger charge is -2.36. The van der Waals surface area contributed by atoms with Crippen LogP contribution in [0.1, 0.15) is 12.0 Å². The summed E-state index contributed by atoms with van der Waals surface area (Å²) < 4.78 is 24.8. The minimum atomic E-state index is -3.39. The zero-order valence-electron chi connectivity index (χ0n) is 14.7.